The van der Waals surface area contributed by atoms with E-state index < -0.39 is 0 Å². The van der Waals surface area contributed by atoms with Gasteiger partial charge in [0, 0.05) is 45.7 Å². The number of rotatable bonds is 6. The van der Waals surface area contributed by atoms with E-state index in [0.29, 0.717) is 12.1 Å². The molecule has 2 N–H and O–H groups in total. The van der Waals surface area contributed by atoms with Crippen LogP contribution in [0, 0.1) is 0 Å². The van der Waals surface area contributed by atoms with Crippen molar-refractivity contribution >= 4 is 44.6 Å². The number of hydrogen-bond donors (Lipinski definition) is 2. The fourth-order valence-corrected chi connectivity index (χ4v) is 4.76. The Balaban J connectivity index is 1.38. The Morgan fingerprint density at radius 1 is 1.21 bits per heavy atom. The van der Waals surface area contributed by atoms with Crippen molar-refractivity contribution in [3.63, 3.8) is 0 Å². The summed E-state index contributed by atoms with van der Waals surface area (Å²) in [6, 6.07) is 14.4. The highest BCUT2D eigenvalue weighted by atomic mass is 32.1. The van der Waals surface area contributed by atoms with E-state index in [0.717, 1.165) is 47.4 Å². The first-order chi connectivity index (χ1) is 14.3. The summed E-state index contributed by atoms with van der Waals surface area (Å²) in [6.07, 6.45) is 4.57. The number of aromatic amines is 1. The Kier molecular flexibility index (Phi) is 4.73. The van der Waals surface area contributed by atoms with Gasteiger partial charge < -0.3 is 10.2 Å². The van der Waals surface area contributed by atoms with Gasteiger partial charge in [0.2, 0.25) is 0 Å². The highest BCUT2D eigenvalue weighted by molar-refractivity contribution is 7.22. The maximum absolute atomic E-state index is 12.8. The predicted molar refractivity (Wildman–Crippen MR) is 119 cm³/mol. The van der Waals surface area contributed by atoms with Gasteiger partial charge in [0.1, 0.15) is 0 Å². The van der Waals surface area contributed by atoms with Gasteiger partial charge in [-0.15, -0.1) is 11.3 Å². The fourth-order valence-electron chi connectivity index (χ4n) is 3.67. The molecule has 3 heterocycles. The van der Waals surface area contributed by atoms with Gasteiger partial charge in [-0.1, -0.05) is 18.2 Å². The summed E-state index contributed by atoms with van der Waals surface area (Å²) in [4.78, 5) is 20.3. The van der Waals surface area contributed by atoms with E-state index in [9.17, 15) is 4.79 Å². The van der Waals surface area contributed by atoms with Gasteiger partial charge in [0.15, 0.2) is 0 Å². The van der Waals surface area contributed by atoms with Crippen LogP contribution in [0.4, 0.5) is 0 Å². The normalized spacial score (nSPS) is 13.6. The Morgan fingerprint density at radius 2 is 2.14 bits per heavy atom. The molecular formula is C22H21N5OS. The summed E-state index contributed by atoms with van der Waals surface area (Å²) >= 11 is 1.73. The minimum Gasteiger partial charge on any atom is -0.361 e. The molecule has 0 fully saturated rings. The molecule has 0 saturated carbocycles. The first kappa shape index (κ1) is 17.9. The molecule has 2 aromatic heterocycles. The van der Waals surface area contributed by atoms with Crippen molar-refractivity contribution in [2.75, 3.05) is 26.2 Å². The van der Waals surface area contributed by atoms with E-state index >= 15 is 0 Å². The SMILES string of the molecule is O=C(NCCCN1C=NCC1)c1cc(-c2cc3ccccc3s2)c2[nH]ncc2c1. The molecule has 0 saturated heterocycles. The van der Waals surface area contributed by atoms with Gasteiger partial charge >= 0.3 is 0 Å². The number of aliphatic imine (C=N–C) groups is 1. The number of carbonyl (C=O) groups excluding carboxylic acids is 1. The molecule has 0 atom stereocenters. The molecule has 5 rings (SSSR count). The standard InChI is InChI=1S/C22H21N5OS/c28-22(24-6-3-8-27-9-7-23-14-27)16-10-17-13-25-26-21(17)18(11-16)20-12-15-4-1-2-5-19(15)29-20/h1-2,4-5,10-14H,3,6-9H2,(H,24,28)(H,25,26). The average Bonchev–Trinajstić information content (AvgIpc) is 3.50. The lowest BCUT2D eigenvalue weighted by molar-refractivity contribution is 0.0953. The number of aromatic nitrogens is 2. The van der Waals surface area contributed by atoms with Crippen LogP contribution in [0.15, 0.2) is 53.7 Å². The van der Waals surface area contributed by atoms with E-state index in [4.69, 9.17) is 0 Å². The molecule has 1 amide bonds. The maximum atomic E-state index is 12.8. The van der Waals surface area contributed by atoms with Crippen LogP contribution < -0.4 is 5.32 Å². The second kappa shape index (κ2) is 7.67. The lowest BCUT2D eigenvalue weighted by atomic mass is 10.0. The molecule has 6 nitrogen and oxygen atoms in total. The average molecular weight is 404 g/mol. The van der Waals surface area contributed by atoms with Gasteiger partial charge in [-0.2, -0.15) is 5.10 Å². The smallest absolute Gasteiger partial charge is 0.251 e. The number of benzene rings is 2. The van der Waals surface area contributed by atoms with E-state index in [1.807, 2.05) is 30.6 Å². The van der Waals surface area contributed by atoms with Crippen LogP contribution in [0.2, 0.25) is 0 Å². The lowest BCUT2D eigenvalue weighted by Gasteiger charge is -2.13. The molecular weight excluding hydrogens is 382 g/mol. The third-order valence-electron chi connectivity index (χ3n) is 5.17. The zero-order chi connectivity index (χ0) is 19.6. The number of H-pyrrole nitrogens is 1. The summed E-state index contributed by atoms with van der Waals surface area (Å²) in [5, 5.41) is 12.5. The summed E-state index contributed by atoms with van der Waals surface area (Å²) in [7, 11) is 0. The number of thiophene rings is 1. The van der Waals surface area contributed by atoms with Crippen molar-refractivity contribution in [1.82, 2.24) is 20.4 Å². The minimum atomic E-state index is -0.0504. The monoisotopic (exact) mass is 403 g/mol. The van der Waals surface area contributed by atoms with E-state index in [2.05, 4.69) is 43.6 Å². The molecule has 0 spiro atoms. The molecule has 29 heavy (non-hydrogen) atoms. The second-order valence-electron chi connectivity index (χ2n) is 7.17. The Bertz CT molecular complexity index is 1180. The van der Waals surface area contributed by atoms with Crippen LogP contribution in [-0.4, -0.2) is 53.5 Å². The molecule has 1 aliphatic heterocycles. The summed E-state index contributed by atoms with van der Waals surface area (Å²) in [5.74, 6) is -0.0504. The van der Waals surface area contributed by atoms with Crippen molar-refractivity contribution in [2.45, 2.75) is 6.42 Å². The number of fused-ring (bicyclic) bond motifs is 2. The van der Waals surface area contributed by atoms with Crippen LogP contribution in [-0.2, 0) is 0 Å². The Hall–Kier alpha value is -3.19. The molecule has 4 aromatic rings. The van der Waals surface area contributed by atoms with Gasteiger partial charge in [-0.25, -0.2) is 0 Å². The highest BCUT2D eigenvalue weighted by Gasteiger charge is 2.15. The van der Waals surface area contributed by atoms with Crippen molar-refractivity contribution in [1.29, 1.82) is 0 Å². The lowest BCUT2D eigenvalue weighted by Crippen LogP contribution is -2.28. The quantitative estimate of drug-likeness (QED) is 0.480. The minimum absolute atomic E-state index is 0.0504. The summed E-state index contributed by atoms with van der Waals surface area (Å²) in [6.45, 7) is 3.41. The zero-order valence-electron chi connectivity index (χ0n) is 15.9. The first-order valence-corrected chi connectivity index (χ1v) is 10.6. The molecule has 0 radical (unpaired) electrons. The number of nitrogens with zero attached hydrogens (tertiary/aromatic N) is 3. The predicted octanol–water partition coefficient (Wildman–Crippen LogP) is 3.91. The van der Waals surface area contributed by atoms with E-state index in [1.54, 1.807) is 17.5 Å². The van der Waals surface area contributed by atoms with Gasteiger partial charge in [-0.05, 0) is 36.1 Å². The molecule has 7 heteroatoms. The Morgan fingerprint density at radius 3 is 3.00 bits per heavy atom. The summed E-state index contributed by atoms with van der Waals surface area (Å²) < 4.78 is 1.23. The van der Waals surface area contributed by atoms with Gasteiger partial charge in [0.05, 0.1) is 24.6 Å². The van der Waals surface area contributed by atoms with Crippen LogP contribution in [0.25, 0.3) is 31.4 Å². The van der Waals surface area contributed by atoms with Crippen LogP contribution in [0.5, 0.6) is 0 Å². The van der Waals surface area contributed by atoms with Crippen molar-refractivity contribution < 1.29 is 4.79 Å². The molecule has 0 unspecified atom stereocenters. The molecule has 0 bridgehead atoms. The Labute approximate surface area is 172 Å². The van der Waals surface area contributed by atoms with Crippen molar-refractivity contribution in [2.24, 2.45) is 4.99 Å². The molecule has 1 aliphatic rings. The number of hydrogen-bond acceptors (Lipinski definition) is 5. The third kappa shape index (κ3) is 3.61. The highest BCUT2D eigenvalue weighted by Crippen LogP contribution is 2.37. The maximum Gasteiger partial charge on any atom is 0.251 e. The third-order valence-corrected chi connectivity index (χ3v) is 6.32. The molecule has 2 aromatic carbocycles. The molecule has 0 aliphatic carbocycles. The number of nitrogens with one attached hydrogen (secondary N) is 2. The number of amides is 1. The zero-order valence-corrected chi connectivity index (χ0v) is 16.7. The van der Waals surface area contributed by atoms with E-state index in [1.165, 1.54) is 10.1 Å². The van der Waals surface area contributed by atoms with Gasteiger partial charge in [-0.3, -0.25) is 14.9 Å². The van der Waals surface area contributed by atoms with Crippen LogP contribution in [0.1, 0.15) is 16.8 Å². The van der Waals surface area contributed by atoms with Gasteiger partial charge in [0.25, 0.3) is 5.91 Å². The fraction of sp³-hybridized carbons (Fsp3) is 0.227. The summed E-state index contributed by atoms with van der Waals surface area (Å²) in [5.41, 5.74) is 2.63. The largest absolute Gasteiger partial charge is 0.361 e. The van der Waals surface area contributed by atoms with Crippen LogP contribution in [0.3, 0.4) is 0 Å². The van der Waals surface area contributed by atoms with E-state index in [-0.39, 0.29) is 5.91 Å². The number of carbonyl (C=O) groups is 1. The van der Waals surface area contributed by atoms with Crippen molar-refractivity contribution in [3.05, 3.63) is 54.2 Å². The van der Waals surface area contributed by atoms with Crippen LogP contribution >= 0.6 is 11.3 Å². The second-order valence-corrected chi connectivity index (χ2v) is 8.26. The first-order valence-electron chi connectivity index (χ1n) is 9.76. The van der Waals surface area contributed by atoms with Crippen molar-refractivity contribution in [3.8, 4) is 10.4 Å². The molecule has 146 valence electrons. The topological polar surface area (TPSA) is 73.4 Å².